The summed E-state index contributed by atoms with van der Waals surface area (Å²) < 4.78 is 0. The molecule has 0 saturated heterocycles. The molecule has 3 nitrogen and oxygen atoms in total. The Kier molecular flexibility index (Phi) is 19.3. The van der Waals surface area contributed by atoms with Gasteiger partial charge >= 0.3 is 0 Å². The lowest BCUT2D eigenvalue weighted by atomic mass is 10.0. The zero-order valence-electron chi connectivity index (χ0n) is 18.7. The third-order valence-electron chi connectivity index (χ3n) is 5.42. The fourth-order valence-corrected chi connectivity index (χ4v) is 3.51. The van der Waals surface area contributed by atoms with E-state index in [0.29, 0.717) is 0 Å². The molecule has 0 fully saturated rings. The number of allylic oxidation sites excluding steroid dienone is 2. The predicted molar refractivity (Wildman–Crippen MR) is 120 cm³/mol. The molecule has 0 heterocycles. The summed E-state index contributed by atoms with van der Waals surface area (Å²) >= 11 is 0. The zero-order valence-corrected chi connectivity index (χ0v) is 18.7. The van der Waals surface area contributed by atoms with Crippen LogP contribution in [0.15, 0.2) is 12.2 Å². The normalized spacial score (nSPS) is 12.6. The smallest absolute Gasteiger partial charge is 0.239 e. The predicted octanol–water partition coefficient (Wildman–Crippen LogP) is 6.61. The molecule has 0 aliphatic carbocycles. The maximum absolute atomic E-state index is 12.1. The second-order valence-electron chi connectivity index (χ2n) is 7.84. The number of likely N-dealkylation sites (N-methyl/N-ethyl adjacent to an activating group) is 1. The maximum Gasteiger partial charge on any atom is 0.239 e. The van der Waals surface area contributed by atoms with Crippen molar-refractivity contribution >= 4 is 5.91 Å². The largest absolute Gasteiger partial charge is 0.342 e. The van der Waals surface area contributed by atoms with Gasteiger partial charge in [0.25, 0.3) is 0 Å². The number of nitrogens with two attached hydrogens (primary N) is 1. The second kappa shape index (κ2) is 19.9. The van der Waals surface area contributed by atoms with Crippen molar-refractivity contribution in [2.24, 2.45) is 5.73 Å². The molecule has 27 heavy (non-hydrogen) atoms. The summed E-state index contributed by atoms with van der Waals surface area (Å²) in [7, 11) is 0. The van der Waals surface area contributed by atoms with Crippen LogP contribution in [-0.4, -0.2) is 29.9 Å². The van der Waals surface area contributed by atoms with Gasteiger partial charge in [-0.3, -0.25) is 4.79 Å². The van der Waals surface area contributed by atoms with Gasteiger partial charge in [0.1, 0.15) is 0 Å². The van der Waals surface area contributed by atoms with Gasteiger partial charge in [-0.1, -0.05) is 83.3 Å². The van der Waals surface area contributed by atoms with Crippen molar-refractivity contribution in [3.63, 3.8) is 0 Å². The minimum atomic E-state index is -0.304. The quantitative estimate of drug-likeness (QED) is 0.202. The summed E-state index contributed by atoms with van der Waals surface area (Å²) in [6, 6.07) is -0.304. The first kappa shape index (κ1) is 26.2. The highest BCUT2D eigenvalue weighted by Crippen LogP contribution is 2.11. The first-order valence-corrected chi connectivity index (χ1v) is 11.9. The van der Waals surface area contributed by atoms with Crippen LogP contribution in [0.2, 0.25) is 0 Å². The lowest BCUT2D eigenvalue weighted by Crippen LogP contribution is -2.43. The summed E-state index contributed by atoms with van der Waals surface area (Å²) in [5.41, 5.74) is 6.03. The molecular weight excluding hydrogens is 332 g/mol. The number of carbonyl (C=O) groups excluding carboxylic acids is 1. The van der Waals surface area contributed by atoms with Crippen LogP contribution in [0.25, 0.3) is 0 Å². The third-order valence-corrected chi connectivity index (χ3v) is 5.42. The molecule has 2 N–H and O–H groups in total. The Morgan fingerprint density at radius 1 is 0.741 bits per heavy atom. The molecule has 0 aromatic carbocycles. The zero-order chi connectivity index (χ0) is 20.2. The summed E-state index contributed by atoms with van der Waals surface area (Å²) in [4.78, 5) is 13.9. The van der Waals surface area contributed by atoms with E-state index in [1.807, 2.05) is 18.7 Å². The van der Waals surface area contributed by atoms with E-state index in [0.717, 1.165) is 25.9 Å². The molecule has 0 radical (unpaired) electrons. The van der Waals surface area contributed by atoms with Crippen LogP contribution in [0, 0.1) is 0 Å². The highest BCUT2D eigenvalue weighted by atomic mass is 16.2. The Hall–Kier alpha value is -0.830. The van der Waals surface area contributed by atoms with Gasteiger partial charge in [-0.05, 0) is 46.0 Å². The molecule has 0 aromatic rings. The molecule has 1 amide bonds. The molecule has 1 atom stereocenters. The van der Waals surface area contributed by atoms with E-state index >= 15 is 0 Å². The number of hydrogen-bond donors (Lipinski definition) is 1. The van der Waals surface area contributed by atoms with Crippen molar-refractivity contribution in [1.82, 2.24) is 4.90 Å². The summed E-state index contributed by atoms with van der Waals surface area (Å²) in [6.07, 6.45) is 23.9. The van der Waals surface area contributed by atoms with Crippen molar-refractivity contribution in [2.45, 2.75) is 123 Å². The standard InChI is InChI=1S/C24H48N2O/c1-4-7-8-9-10-11-12-13-14-15-16-17-18-19-20-21-22-23(25)24(27)26(5-2)6-3/h13-14,23H,4-12,15-22,25H2,1-3H3/b14-13-. The summed E-state index contributed by atoms with van der Waals surface area (Å²) in [5.74, 6) is 0.118. The fraction of sp³-hybridized carbons (Fsp3) is 0.875. The van der Waals surface area contributed by atoms with E-state index < -0.39 is 0 Å². The fourth-order valence-electron chi connectivity index (χ4n) is 3.51. The van der Waals surface area contributed by atoms with Crippen LogP contribution >= 0.6 is 0 Å². The average Bonchev–Trinajstić information content (AvgIpc) is 2.68. The third kappa shape index (κ3) is 15.9. The Morgan fingerprint density at radius 3 is 1.67 bits per heavy atom. The molecule has 0 aromatic heterocycles. The van der Waals surface area contributed by atoms with E-state index in [-0.39, 0.29) is 11.9 Å². The van der Waals surface area contributed by atoms with Gasteiger partial charge in [-0.15, -0.1) is 0 Å². The SMILES string of the molecule is CCCCCCCC/C=C\CCCCCCCCC(N)C(=O)N(CC)CC. The lowest BCUT2D eigenvalue weighted by molar-refractivity contribution is -0.132. The topological polar surface area (TPSA) is 46.3 Å². The van der Waals surface area contributed by atoms with Crippen LogP contribution in [0.3, 0.4) is 0 Å². The Labute approximate surface area is 170 Å². The van der Waals surface area contributed by atoms with Crippen LogP contribution in [0.4, 0.5) is 0 Å². The van der Waals surface area contributed by atoms with E-state index in [4.69, 9.17) is 5.73 Å². The molecule has 3 heteroatoms. The van der Waals surface area contributed by atoms with E-state index in [2.05, 4.69) is 19.1 Å². The molecule has 0 saturated carbocycles. The van der Waals surface area contributed by atoms with Crippen molar-refractivity contribution in [3.8, 4) is 0 Å². The maximum atomic E-state index is 12.1. The number of rotatable bonds is 19. The van der Waals surface area contributed by atoms with Crippen LogP contribution in [-0.2, 0) is 4.79 Å². The van der Waals surface area contributed by atoms with Gasteiger partial charge in [0, 0.05) is 13.1 Å². The van der Waals surface area contributed by atoms with Gasteiger partial charge in [-0.2, -0.15) is 0 Å². The first-order valence-electron chi connectivity index (χ1n) is 11.9. The average molecular weight is 381 g/mol. The monoisotopic (exact) mass is 380 g/mol. The molecule has 0 bridgehead atoms. The summed E-state index contributed by atoms with van der Waals surface area (Å²) in [5, 5.41) is 0. The van der Waals surface area contributed by atoms with Gasteiger partial charge in [0.05, 0.1) is 6.04 Å². The van der Waals surface area contributed by atoms with Crippen molar-refractivity contribution < 1.29 is 4.79 Å². The minimum absolute atomic E-state index is 0.118. The van der Waals surface area contributed by atoms with Crippen LogP contribution in [0.1, 0.15) is 117 Å². The van der Waals surface area contributed by atoms with Crippen LogP contribution < -0.4 is 5.73 Å². The number of amides is 1. The highest BCUT2D eigenvalue weighted by Gasteiger charge is 2.17. The van der Waals surface area contributed by atoms with Gasteiger partial charge in [-0.25, -0.2) is 0 Å². The Morgan fingerprint density at radius 2 is 1.19 bits per heavy atom. The van der Waals surface area contributed by atoms with Crippen LogP contribution in [0.5, 0.6) is 0 Å². The molecule has 160 valence electrons. The van der Waals surface area contributed by atoms with E-state index in [1.54, 1.807) is 0 Å². The van der Waals surface area contributed by atoms with Gasteiger partial charge < -0.3 is 10.6 Å². The molecule has 0 aliphatic heterocycles. The molecule has 0 aliphatic rings. The number of carbonyl (C=O) groups is 1. The Balaban J connectivity index is 3.37. The number of hydrogen-bond acceptors (Lipinski definition) is 2. The number of unbranched alkanes of at least 4 members (excludes halogenated alkanes) is 12. The van der Waals surface area contributed by atoms with E-state index in [9.17, 15) is 4.79 Å². The summed E-state index contributed by atoms with van der Waals surface area (Å²) in [6.45, 7) is 7.82. The van der Waals surface area contributed by atoms with Crippen molar-refractivity contribution in [2.75, 3.05) is 13.1 Å². The molecular formula is C24H48N2O. The minimum Gasteiger partial charge on any atom is -0.342 e. The second-order valence-corrected chi connectivity index (χ2v) is 7.84. The first-order chi connectivity index (χ1) is 13.2. The van der Waals surface area contributed by atoms with Crippen molar-refractivity contribution in [1.29, 1.82) is 0 Å². The van der Waals surface area contributed by atoms with E-state index in [1.165, 1.54) is 83.5 Å². The van der Waals surface area contributed by atoms with Crippen molar-refractivity contribution in [3.05, 3.63) is 12.2 Å². The Bertz CT molecular complexity index is 350. The highest BCUT2D eigenvalue weighted by molar-refractivity contribution is 5.81. The molecule has 0 spiro atoms. The van der Waals surface area contributed by atoms with Gasteiger partial charge in [0.15, 0.2) is 0 Å². The molecule has 1 unspecified atom stereocenters. The molecule has 0 rings (SSSR count). The van der Waals surface area contributed by atoms with Gasteiger partial charge in [0.2, 0.25) is 5.91 Å². The number of nitrogens with zero attached hydrogens (tertiary/aromatic N) is 1. The lowest BCUT2D eigenvalue weighted by Gasteiger charge is -2.22.